The Morgan fingerprint density at radius 2 is 0.893 bits per heavy atom. The molecule has 0 unspecified atom stereocenters. The number of fused-ring (bicyclic) bond motifs is 5. The van der Waals surface area contributed by atoms with Crippen LogP contribution in [-0.2, 0) is 0 Å². The van der Waals surface area contributed by atoms with Gasteiger partial charge in [-0.3, -0.25) is 0 Å². The number of rotatable bonds is 6. The number of para-hydroxylation sites is 2. The zero-order valence-corrected chi connectivity index (χ0v) is 30.4. The molecule has 3 heterocycles. The lowest BCUT2D eigenvalue weighted by Crippen LogP contribution is -1.99. The zero-order chi connectivity index (χ0) is 37.0. The van der Waals surface area contributed by atoms with Gasteiger partial charge in [-0.15, -0.1) is 0 Å². The average molecular weight is 715 g/mol. The van der Waals surface area contributed by atoms with Gasteiger partial charge in [0.2, 0.25) is 0 Å². The lowest BCUT2D eigenvalue weighted by atomic mass is 10.0. The van der Waals surface area contributed by atoms with Gasteiger partial charge in [0.05, 0.1) is 27.9 Å². The fraction of sp³-hybridized carbons (Fsp3) is 0. The molecule has 3 aromatic heterocycles. The number of nitrogens with zero attached hydrogens (tertiary/aromatic N) is 4. The first kappa shape index (κ1) is 31.9. The first-order valence-electron chi connectivity index (χ1n) is 19.0. The quantitative estimate of drug-likeness (QED) is 0.172. The van der Waals surface area contributed by atoms with Crippen LogP contribution in [0.15, 0.2) is 206 Å². The Hall–Kier alpha value is -7.56. The monoisotopic (exact) mass is 714 g/mol. The molecule has 0 amide bonds. The molecule has 8 aromatic carbocycles. The number of aromatic nitrogens is 4. The van der Waals surface area contributed by atoms with Crippen LogP contribution in [0.25, 0.3) is 99.9 Å². The molecule has 11 aromatic rings. The zero-order valence-electron chi connectivity index (χ0n) is 30.4. The standard InChI is InChI=1S/C52H34N4/c1-5-15-35(16-6-1)39-28-42(52-53-47(36-17-7-2-8-18-36)34-48(54-52)37-19-9-3-10-20-37)30-44(29-39)56-49-24-14-13-23-45(49)46-31-40-27-38-25-26-55(43-21-11-4-12-22-43)50(38)32-41(40)33-51(46)56/h1-34H. The van der Waals surface area contributed by atoms with E-state index in [0.717, 1.165) is 61.6 Å². The fourth-order valence-electron chi connectivity index (χ4n) is 8.20. The third-order valence-electron chi connectivity index (χ3n) is 10.9. The van der Waals surface area contributed by atoms with Gasteiger partial charge in [0.15, 0.2) is 5.82 Å². The lowest BCUT2D eigenvalue weighted by molar-refractivity contribution is 1.13. The van der Waals surface area contributed by atoms with Crippen LogP contribution < -0.4 is 0 Å². The summed E-state index contributed by atoms with van der Waals surface area (Å²) < 4.78 is 4.69. The van der Waals surface area contributed by atoms with Crippen LogP contribution in [0.5, 0.6) is 0 Å². The van der Waals surface area contributed by atoms with Crippen LogP contribution >= 0.6 is 0 Å². The molecule has 262 valence electrons. The predicted molar refractivity (Wildman–Crippen MR) is 232 cm³/mol. The van der Waals surface area contributed by atoms with Crippen molar-refractivity contribution < 1.29 is 0 Å². The summed E-state index contributed by atoms with van der Waals surface area (Å²) in [7, 11) is 0. The summed E-state index contributed by atoms with van der Waals surface area (Å²) >= 11 is 0. The van der Waals surface area contributed by atoms with Crippen molar-refractivity contribution in [1.29, 1.82) is 0 Å². The lowest BCUT2D eigenvalue weighted by Gasteiger charge is -2.15. The van der Waals surface area contributed by atoms with Crippen molar-refractivity contribution in [2.45, 2.75) is 0 Å². The Labute approximate surface area is 324 Å². The van der Waals surface area contributed by atoms with E-state index < -0.39 is 0 Å². The minimum atomic E-state index is 0.680. The molecular weight excluding hydrogens is 681 g/mol. The summed E-state index contributed by atoms with van der Waals surface area (Å²) in [6, 6.07) is 71.1. The topological polar surface area (TPSA) is 35.6 Å². The van der Waals surface area contributed by atoms with Crippen molar-refractivity contribution >= 4 is 43.5 Å². The second-order valence-electron chi connectivity index (χ2n) is 14.3. The molecule has 0 spiro atoms. The SMILES string of the molecule is c1ccc(-c2cc(-c3nc(-c4ccccc4)cc(-c4ccccc4)n3)cc(-n3c4ccccc4c4cc5cc6ccn(-c7ccccc7)c6cc5cc43)c2)cc1. The smallest absolute Gasteiger partial charge is 0.160 e. The van der Waals surface area contributed by atoms with Crippen LogP contribution in [0.3, 0.4) is 0 Å². The van der Waals surface area contributed by atoms with Gasteiger partial charge in [-0.2, -0.15) is 0 Å². The van der Waals surface area contributed by atoms with Gasteiger partial charge in [0, 0.05) is 50.4 Å². The molecule has 0 N–H and O–H groups in total. The fourth-order valence-corrected chi connectivity index (χ4v) is 8.20. The molecule has 4 heteroatoms. The van der Waals surface area contributed by atoms with Crippen molar-refractivity contribution in [3.05, 3.63) is 206 Å². The van der Waals surface area contributed by atoms with Gasteiger partial charge in [-0.25, -0.2) is 9.97 Å². The summed E-state index contributed by atoms with van der Waals surface area (Å²) in [5.74, 6) is 0.680. The predicted octanol–water partition coefficient (Wildman–Crippen LogP) is 13.3. The highest BCUT2D eigenvalue weighted by atomic mass is 15.0. The molecule has 0 aliphatic heterocycles. The highest BCUT2D eigenvalue weighted by Gasteiger charge is 2.18. The first-order valence-corrected chi connectivity index (χ1v) is 19.0. The highest BCUT2D eigenvalue weighted by molar-refractivity contribution is 6.15. The van der Waals surface area contributed by atoms with Crippen molar-refractivity contribution in [3.63, 3.8) is 0 Å². The molecule has 0 radical (unpaired) electrons. The maximum atomic E-state index is 5.26. The molecule has 0 atom stereocenters. The summed E-state index contributed by atoms with van der Waals surface area (Å²) in [5, 5.41) is 6.06. The van der Waals surface area contributed by atoms with Crippen molar-refractivity contribution in [3.8, 4) is 56.4 Å². The van der Waals surface area contributed by atoms with Crippen LogP contribution in [0.2, 0.25) is 0 Å². The summed E-state index contributed by atoms with van der Waals surface area (Å²) in [5.41, 5.74) is 12.7. The summed E-state index contributed by atoms with van der Waals surface area (Å²) in [4.78, 5) is 10.5. The van der Waals surface area contributed by atoms with E-state index in [0.29, 0.717) is 5.82 Å². The summed E-state index contributed by atoms with van der Waals surface area (Å²) in [6.07, 6.45) is 2.17. The molecule has 56 heavy (non-hydrogen) atoms. The van der Waals surface area contributed by atoms with Gasteiger partial charge in [0.1, 0.15) is 0 Å². The van der Waals surface area contributed by atoms with E-state index in [9.17, 15) is 0 Å². The van der Waals surface area contributed by atoms with E-state index in [-0.39, 0.29) is 0 Å². The second-order valence-corrected chi connectivity index (χ2v) is 14.3. The molecule has 0 saturated carbocycles. The molecule has 0 bridgehead atoms. The van der Waals surface area contributed by atoms with Crippen molar-refractivity contribution in [2.24, 2.45) is 0 Å². The van der Waals surface area contributed by atoms with Crippen LogP contribution in [-0.4, -0.2) is 19.1 Å². The minimum Gasteiger partial charge on any atom is -0.317 e. The van der Waals surface area contributed by atoms with E-state index in [1.165, 1.54) is 32.4 Å². The molecule has 4 nitrogen and oxygen atoms in total. The van der Waals surface area contributed by atoms with E-state index in [4.69, 9.17) is 9.97 Å². The maximum Gasteiger partial charge on any atom is 0.160 e. The number of benzene rings is 8. The Balaban J connectivity index is 1.17. The minimum absolute atomic E-state index is 0.680. The van der Waals surface area contributed by atoms with Gasteiger partial charge in [0.25, 0.3) is 0 Å². The molecule has 0 aliphatic rings. The van der Waals surface area contributed by atoms with Crippen LogP contribution in [0.4, 0.5) is 0 Å². The van der Waals surface area contributed by atoms with Gasteiger partial charge in [-0.1, -0.05) is 127 Å². The van der Waals surface area contributed by atoms with E-state index in [1.807, 2.05) is 12.1 Å². The van der Waals surface area contributed by atoms with Crippen molar-refractivity contribution in [2.75, 3.05) is 0 Å². The van der Waals surface area contributed by atoms with Gasteiger partial charge in [-0.05, 0) is 94.7 Å². The van der Waals surface area contributed by atoms with E-state index in [2.05, 4.69) is 203 Å². The third-order valence-corrected chi connectivity index (χ3v) is 10.9. The molecule has 0 aliphatic carbocycles. The van der Waals surface area contributed by atoms with Gasteiger partial charge >= 0.3 is 0 Å². The molecule has 0 fully saturated rings. The van der Waals surface area contributed by atoms with Crippen molar-refractivity contribution in [1.82, 2.24) is 19.1 Å². The second kappa shape index (κ2) is 13.1. The van der Waals surface area contributed by atoms with E-state index >= 15 is 0 Å². The Morgan fingerprint density at radius 1 is 0.321 bits per heavy atom. The van der Waals surface area contributed by atoms with Crippen LogP contribution in [0, 0.1) is 0 Å². The summed E-state index contributed by atoms with van der Waals surface area (Å²) in [6.45, 7) is 0. The Morgan fingerprint density at radius 3 is 1.59 bits per heavy atom. The normalized spacial score (nSPS) is 11.6. The molecular formula is C52H34N4. The maximum absolute atomic E-state index is 5.26. The van der Waals surface area contributed by atoms with E-state index in [1.54, 1.807) is 0 Å². The van der Waals surface area contributed by atoms with Crippen LogP contribution in [0.1, 0.15) is 0 Å². The third kappa shape index (κ3) is 5.47. The number of hydrogen-bond acceptors (Lipinski definition) is 2. The van der Waals surface area contributed by atoms with Gasteiger partial charge < -0.3 is 9.13 Å². The largest absolute Gasteiger partial charge is 0.317 e. The highest BCUT2D eigenvalue weighted by Crippen LogP contribution is 2.39. The molecule has 11 rings (SSSR count). The molecule has 0 saturated heterocycles. The Bertz CT molecular complexity index is 3160. The Kier molecular flexibility index (Phi) is 7.46. The average Bonchev–Trinajstić information content (AvgIpc) is 3.84. The number of hydrogen-bond donors (Lipinski definition) is 0. The first-order chi connectivity index (χ1) is 27.7.